The lowest BCUT2D eigenvalue weighted by Gasteiger charge is -2.11. The summed E-state index contributed by atoms with van der Waals surface area (Å²) in [6.07, 6.45) is 2.84. The molecule has 0 aliphatic heterocycles. The molecule has 3 rings (SSSR count). The van der Waals surface area contributed by atoms with Gasteiger partial charge in [0.2, 0.25) is 0 Å². The highest BCUT2D eigenvalue weighted by Gasteiger charge is 2.12. The number of carbonyl (C=O) groups excluding carboxylic acids is 1. The first-order chi connectivity index (χ1) is 13.1. The number of aromatic nitrogens is 2. The third kappa shape index (κ3) is 4.38. The number of amides is 1. The lowest BCUT2D eigenvalue weighted by Crippen LogP contribution is -2.15. The molecule has 0 bridgehead atoms. The molecule has 1 heterocycles. The van der Waals surface area contributed by atoms with Gasteiger partial charge < -0.3 is 15.4 Å². The van der Waals surface area contributed by atoms with Gasteiger partial charge in [-0.2, -0.15) is 5.26 Å². The molecule has 0 atom stereocenters. The number of hydrogen-bond acceptors (Lipinski definition) is 6. The van der Waals surface area contributed by atoms with Crippen LogP contribution in [0.3, 0.4) is 0 Å². The number of ether oxygens (including phenoxy) is 1. The third-order valence-corrected chi connectivity index (χ3v) is 3.75. The Labute approximate surface area is 156 Å². The van der Waals surface area contributed by atoms with Crippen LogP contribution < -0.4 is 15.4 Å². The van der Waals surface area contributed by atoms with Gasteiger partial charge in [0.15, 0.2) is 0 Å². The highest BCUT2D eigenvalue weighted by atomic mass is 16.5. The fraction of sp³-hybridized carbons (Fsp3) is 0.100. The van der Waals surface area contributed by atoms with Crippen molar-refractivity contribution < 1.29 is 9.53 Å². The summed E-state index contributed by atoms with van der Waals surface area (Å²) in [6, 6.07) is 14.6. The van der Waals surface area contributed by atoms with E-state index in [2.05, 4.69) is 26.7 Å². The van der Waals surface area contributed by atoms with Crippen molar-refractivity contribution in [3.63, 3.8) is 0 Å². The predicted molar refractivity (Wildman–Crippen MR) is 102 cm³/mol. The first kappa shape index (κ1) is 17.9. The smallest absolute Gasteiger partial charge is 0.275 e. The maximum absolute atomic E-state index is 12.4. The minimum absolute atomic E-state index is 0.176. The summed E-state index contributed by atoms with van der Waals surface area (Å²) < 4.78 is 5.26. The molecule has 7 heteroatoms. The number of nitrogens with zero attached hydrogens (tertiary/aromatic N) is 3. The molecule has 0 aliphatic carbocycles. The molecular weight excluding hydrogens is 342 g/mol. The van der Waals surface area contributed by atoms with Crippen molar-refractivity contribution >= 4 is 23.1 Å². The lowest BCUT2D eigenvalue weighted by atomic mass is 10.2. The van der Waals surface area contributed by atoms with Gasteiger partial charge in [0.1, 0.15) is 17.3 Å². The number of aryl methyl sites for hydroxylation is 1. The highest BCUT2D eigenvalue weighted by Crippen LogP contribution is 2.25. The van der Waals surface area contributed by atoms with E-state index in [0.29, 0.717) is 28.5 Å². The van der Waals surface area contributed by atoms with Crippen LogP contribution in [0.2, 0.25) is 0 Å². The van der Waals surface area contributed by atoms with Gasteiger partial charge in [-0.25, -0.2) is 9.97 Å². The molecule has 0 radical (unpaired) electrons. The molecule has 0 saturated carbocycles. The Morgan fingerprint density at radius 1 is 1.15 bits per heavy atom. The van der Waals surface area contributed by atoms with Crippen molar-refractivity contribution in [3.8, 4) is 11.8 Å². The van der Waals surface area contributed by atoms with Crippen molar-refractivity contribution in [3.05, 3.63) is 71.7 Å². The molecule has 0 saturated heterocycles. The Morgan fingerprint density at radius 3 is 2.70 bits per heavy atom. The predicted octanol–water partition coefficient (Wildman–Crippen LogP) is 3.66. The van der Waals surface area contributed by atoms with Crippen molar-refractivity contribution in [2.45, 2.75) is 6.92 Å². The molecule has 0 fully saturated rings. The average Bonchev–Trinajstić information content (AvgIpc) is 2.69. The number of anilines is 3. The summed E-state index contributed by atoms with van der Waals surface area (Å²) in [7, 11) is 1.54. The molecule has 27 heavy (non-hydrogen) atoms. The number of nitriles is 1. The van der Waals surface area contributed by atoms with E-state index in [1.165, 1.54) is 12.4 Å². The molecule has 3 aromatic rings. The molecule has 1 amide bonds. The van der Waals surface area contributed by atoms with E-state index >= 15 is 0 Å². The molecule has 2 aromatic carbocycles. The van der Waals surface area contributed by atoms with E-state index in [0.717, 1.165) is 5.56 Å². The van der Waals surface area contributed by atoms with Gasteiger partial charge in [0.05, 0.1) is 36.8 Å². The maximum Gasteiger partial charge on any atom is 0.275 e. The van der Waals surface area contributed by atoms with Crippen LogP contribution in [0, 0.1) is 18.3 Å². The van der Waals surface area contributed by atoms with Gasteiger partial charge in [-0.3, -0.25) is 4.79 Å². The van der Waals surface area contributed by atoms with Crippen LogP contribution in [0.1, 0.15) is 21.6 Å². The number of nitrogens with one attached hydrogen (secondary N) is 2. The highest BCUT2D eigenvalue weighted by molar-refractivity contribution is 6.03. The molecule has 0 spiro atoms. The van der Waals surface area contributed by atoms with E-state index in [4.69, 9.17) is 10.00 Å². The molecule has 2 N–H and O–H groups in total. The Morgan fingerprint density at radius 2 is 2.00 bits per heavy atom. The van der Waals surface area contributed by atoms with Crippen LogP contribution in [0.4, 0.5) is 17.2 Å². The van der Waals surface area contributed by atoms with E-state index in [1.54, 1.807) is 31.4 Å². The van der Waals surface area contributed by atoms with Crippen molar-refractivity contribution in [1.29, 1.82) is 5.26 Å². The minimum Gasteiger partial charge on any atom is -0.495 e. The van der Waals surface area contributed by atoms with Crippen LogP contribution in [0.15, 0.2) is 54.9 Å². The summed E-state index contributed by atoms with van der Waals surface area (Å²) in [5.41, 5.74) is 2.99. The zero-order chi connectivity index (χ0) is 19.2. The minimum atomic E-state index is -0.385. The second-order valence-electron chi connectivity index (χ2n) is 5.76. The molecular formula is C20H17N5O2. The SMILES string of the molecule is COc1ccc(C)cc1NC(=O)c1cnc(Nc2cccc(C#N)c2)cn1. The van der Waals surface area contributed by atoms with Gasteiger partial charge in [-0.15, -0.1) is 0 Å². The fourth-order valence-electron chi connectivity index (χ4n) is 2.43. The van der Waals surface area contributed by atoms with Crippen molar-refractivity contribution in [2.24, 2.45) is 0 Å². The summed E-state index contributed by atoms with van der Waals surface area (Å²) in [6.45, 7) is 1.93. The number of rotatable bonds is 5. The van der Waals surface area contributed by atoms with Crippen molar-refractivity contribution in [1.82, 2.24) is 9.97 Å². The first-order valence-corrected chi connectivity index (χ1v) is 8.14. The molecule has 134 valence electrons. The average molecular weight is 359 g/mol. The van der Waals surface area contributed by atoms with Gasteiger partial charge in [-0.05, 0) is 42.8 Å². The number of carbonyl (C=O) groups is 1. The van der Waals surface area contributed by atoms with Crippen LogP contribution in [-0.2, 0) is 0 Å². The quantitative estimate of drug-likeness (QED) is 0.721. The monoisotopic (exact) mass is 359 g/mol. The van der Waals surface area contributed by atoms with Gasteiger partial charge >= 0.3 is 0 Å². The Hall–Kier alpha value is -3.92. The zero-order valence-corrected chi connectivity index (χ0v) is 14.9. The van der Waals surface area contributed by atoms with Crippen LogP contribution >= 0.6 is 0 Å². The topological polar surface area (TPSA) is 99.9 Å². The number of hydrogen-bond donors (Lipinski definition) is 2. The Bertz CT molecular complexity index is 1010. The molecule has 1 aromatic heterocycles. The number of methoxy groups -OCH3 is 1. The Kier molecular flexibility index (Phi) is 5.28. The lowest BCUT2D eigenvalue weighted by molar-refractivity contribution is 0.102. The third-order valence-electron chi connectivity index (χ3n) is 3.75. The second-order valence-corrected chi connectivity index (χ2v) is 5.76. The number of benzene rings is 2. The maximum atomic E-state index is 12.4. The second kappa shape index (κ2) is 7.97. The zero-order valence-electron chi connectivity index (χ0n) is 14.9. The fourth-order valence-corrected chi connectivity index (χ4v) is 2.43. The summed E-state index contributed by atoms with van der Waals surface area (Å²) in [4.78, 5) is 20.8. The van der Waals surface area contributed by atoms with Crippen LogP contribution in [-0.4, -0.2) is 23.0 Å². The first-order valence-electron chi connectivity index (χ1n) is 8.14. The molecule has 0 aliphatic rings. The summed E-state index contributed by atoms with van der Waals surface area (Å²) >= 11 is 0. The van der Waals surface area contributed by atoms with Gasteiger partial charge in [0.25, 0.3) is 5.91 Å². The van der Waals surface area contributed by atoms with E-state index in [9.17, 15) is 4.79 Å². The summed E-state index contributed by atoms with van der Waals surface area (Å²) in [5.74, 6) is 0.650. The normalized spacial score (nSPS) is 9.96. The van der Waals surface area contributed by atoms with E-state index < -0.39 is 0 Å². The van der Waals surface area contributed by atoms with Crippen LogP contribution in [0.25, 0.3) is 0 Å². The van der Waals surface area contributed by atoms with Crippen LogP contribution in [0.5, 0.6) is 5.75 Å². The summed E-state index contributed by atoms with van der Waals surface area (Å²) in [5, 5.41) is 14.8. The van der Waals surface area contributed by atoms with E-state index in [-0.39, 0.29) is 11.6 Å². The van der Waals surface area contributed by atoms with Crippen molar-refractivity contribution in [2.75, 3.05) is 17.7 Å². The standard InChI is InChI=1S/C20H17N5O2/c1-13-6-7-18(27-2)16(8-13)25-20(26)17-11-23-19(12-22-17)24-15-5-3-4-14(9-15)10-21/h3-9,11-12H,1-2H3,(H,23,24)(H,25,26). The Balaban J connectivity index is 1.72. The molecule has 0 unspecified atom stereocenters. The van der Waals surface area contributed by atoms with Gasteiger partial charge in [0, 0.05) is 5.69 Å². The molecule has 7 nitrogen and oxygen atoms in total. The van der Waals surface area contributed by atoms with E-state index in [1.807, 2.05) is 25.1 Å². The largest absolute Gasteiger partial charge is 0.495 e. The van der Waals surface area contributed by atoms with Gasteiger partial charge in [-0.1, -0.05) is 12.1 Å².